The van der Waals surface area contributed by atoms with Crippen LogP contribution >= 0.6 is 0 Å². The van der Waals surface area contributed by atoms with E-state index in [9.17, 15) is 4.79 Å². The van der Waals surface area contributed by atoms with Gasteiger partial charge >= 0.3 is 5.97 Å². The van der Waals surface area contributed by atoms with Crippen molar-refractivity contribution in [3.8, 4) is 5.75 Å². The average Bonchev–Trinajstić information content (AvgIpc) is 2.87. The van der Waals surface area contributed by atoms with Gasteiger partial charge in [-0.3, -0.25) is 5.10 Å². The van der Waals surface area contributed by atoms with Crippen LogP contribution < -0.4 is 4.74 Å². The summed E-state index contributed by atoms with van der Waals surface area (Å²) in [6.45, 7) is 0. The highest BCUT2D eigenvalue weighted by Gasteiger charge is 2.09. The van der Waals surface area contributed by atoms with Gasteiger partial charge in [-0.05, 0) is 30.3 Å². The molecule has 0 saturated heterocycles. The maximum Gasteiger partial charge on any atom is 0.362 e. The second-order valence-corrected chi connectivity index (χ2v) is 3.72. The van der Waals surface area contributed by atoms with E-state index in [0.717, 1.165) is 10.9 Å². The summed E-state index contributed by atoms with van der Waals surface area (Å²) >= 11 is 0. The summed E-state index contributed by atoms with van der Waals surface area (Å²) in [6, 6.07) is 10.4. The Hall–Kier alpha value is -2.69. The third-order valence-electron chi connectivity index (χ3n) is 2.50. The number of rotatable bonds is 2. The highest BCUT2D eigenvalue weighted by atomic mass is 16.5. The molecule has 0 aliphatic carbocycles. The Labute approximate surface area is 102 Å². The van der Waals surface area contributed by atoms with Crippen molar-refractivity contribution in [2.75, 3.05) is 0 Å². The fourth-order valence-electron chi connectivity index (χ4n) is 1.63. The molecular weight excluding hydrogens is 230 g/mol. The zero-order chi connectivity index (χ0) is 12.4. The molecule has 0 fully saturated rings. The fraction of sp³-hybridized carbons (Fsp3) is 0. The number of ether oxygens (including phenoxy) is 1. The topological polar surface area (TPSA) is 67.9 Å². The Morgan fingerprint density at radius 2 is 2.17 bits per heavy atom. The molecule has 88 valence electrons. The molecule has 0 bridgehead atoms. The molecule has 0 amide bonds. The smallest absolute Gasteiger partial charge is 0.362 e. The van der Waals surface area contributed by atoms with Crippen molar-refractivity contribution >= 4 is 16.9 Å². The molecule has 2 heterocycles. The number of H-pyrrole nitrogens is 1. The maximum absolute atomic E-state index is 11.8. The Morgan fingerprint density at radius 3 is 3.00 bits per heavy atom. The fourth-order valence-corrected chi connectivity index (χ4v) is 1.63. The van der Waals surface area contributed by atoms with Crippen LogP contribution in [0.25, 0.3) is 10.9 Å². The van der Waals surface area contributed by atoms with Gasteiger partial charge in [-0.25, -0.2) is 9.78 Å². The molecule has 0 saturated carbocycles. The number of nitrogens with zero attached hydrogens (tertiary/aromatic N) is 2. The molecule has 2 aromatic heterocycles. The van der Waals surface area contributed by atoms with E-state index >= 15 is 0 Å². The molecule has 0 aliphatic heterocycles. The van der Waals surface area contributed by atoms with Gasteiger partial charge in [0.25, 0.3) is 0 Å². The summed E-state index contributed by atoms with van der Waals surface area (Å²) in [5.41, 5.74) is 1.18. The van der Waals surface area contributed by atoms with Gasteiger partial charge in [-0.1, -0.05) is 6.07 Å². The van der Waals surface area contributed by atoms with Gasteiger partial charge in [0.05, 0.1) is 11.7 Å². The average molecular weight is 239 g/mol. The lowest BCUT2D eigenvalue weighted by Crippen LogP contribution is -2.09. The minimum absolute atomic E-state index is 0.282. The van der Waals surface area contributed by atoms with E-state index in [2.05, 4.69) is 15.2 Å². The molecular formula is C13H9N3O2. The van der Waals surface area contributed by atoms with E-state index in [4.69, 9.17) is 4.74 Å². The first-order valence-corrected chi connectivity index (χ1v) is 5.39. The number of benzene rings is 1. The zero-order valence-corrected chi connectivity index (χ0v) is 9.33. The van der Waals surface area contributed by atoms with Crippen molar-refractivity contribution in [2.45, 2.75) is 0 Å². The molecule has 0 spiro atoms. The van der Waals surface area contributed by atoms with Crippen LogP contribution in [-0.2, 0) is 0 Å². The number of fused-ring (bicyclic) bond motifs is 1. The molecule has 0 atom stereocenters. The number of hydrogen-bond acceptors (Lipinski definition) is 4. The van der Waals surface area contributed by atoms with Gasteiger partial charge in [0.2, 0.25) is 0 Å². The van der Waals surface area contributed by atoms with Crippen molar-refractivity contribution in [3.05, 3.63) is 54.5 Å². The first-order valence-electron chi connectivity index (χ1n) is 5.39. The number of carbonyl (C=O) groups is 1. The number of aromatic nitrogens is 3. The second-order valence-electron chi connectivity index (χ2n) is 3.72. The molecule has 0 aliphatic rings. The standard InChI is InChI=1S/C13H9N3O2/c17-13(12-3-1-2-6-14-12)18-10-4-5-11-9(7-10)8-15-16-11/h1-8H,(H,15,16). The highest BCUT2D eigenvalue weighted by molar-refractivity contribution is 5.89. The molecule has 1 aromatic carbocycles. The quantitative estimate of drug-likeness (QED) is 0.549. The van der Waals surface area contributed by atoms with Crippen LogP contribution in [0.5, 0.6) is 5.75 Å². The molecule has 0 radical (unpaired) electrons. The number of carbonyl (C=O) groups excluding carboxylic acids is 1. The predicted octanol–water partition coefficient (Wildman–Crippen LogP) is 2.18. The van der Waals surface area contributed by atoms with Crippen molar-refractivity contribution in [2.24, 2.45) is 0 Å². The number of esters is 1. The highest BCUT2D eigenvalue weighted by Crippen LogP contribution is 2.19. The van der Waals surface area contributed by atoms with Crippen LogP contribution in [0, 0.1) is 0 Å². The lowest BCUT2D eigenvalue weighted by Gasteiger charge is -2.03. The van der Waals surface area contributed by atoms with Crippen LogP contribution in [0.3, 0.4) is 0 Å². The van der Waals surface area contributed by atoms with Gasteiger partial charge in [-0.2, -0.15) is 5.10 Å². The predicted molar refractivity (Wildman–Crippen MR) is 65.3 cm³/mol. The minimum Gasteiger partial charge on any atom is -0.422 e. The number of nitrogens with one attached hydrogen (secondary N) is 1. The van der Waals surface area contributed by atoms with Crippen molar-refractivity contribution in [1.29, 1.82) is 0 Å². The largest absolute Gasteiger partial charge is 0.422 e. The number of pyridine rings is 1. The van der Waals surface area contributed by atoms with Crippen LogP contribution in [0.2, 0.25) is 0 Å². The summed E-state index contributed by atoms with van der Waals surface area (Å²) in [7, 11) is 0. The molecule has 3 rings (SSSR count). The van der Waals surface area contributed by atoms with Gasteiger partial charge in [0.15, 0.2) is 0 Å². The molecule has 18 heavy (non-hydrogen) atoms. The van der Waals surface area contributed by atoms with Gasteiger partial charge in [0, 0.05) is 11.6 Å². The van der Waals surface area contributed by atoms with Crippen LogP contribution in [0.15, 0.2) is 48.8 Å². The molecule has 5 nitrogen and oxygen atoms in total. The van der Waals surface area contributed by atoms with Gasteiger partial charge in [-0.15, -0.1) is 0 Å². The first-order chi connectivity index (χ1) is 8.83. The summed E-state index contributed by atoms with van der Waals surface area (Å²) in [4.78, 5) is 15.7. The Morgan fingerprint density at radius 1 is 1.22 bits per heavy atom. The minimum atomic E-state index is -0.474. The van der Waals surface area contributed by atoms with Crippen molar-refractivity contribution in [1.82, 2.24) is 15.2 Å². The van der Waals surface area contributed by atoms with Gasteiger partial charge < -0.3 is 4.74 Å². The van der Waals surface area contributed by atoms with E-state index in [1.165, 1.54) is 0 Å². The molecule has 1 N–H and O–H groups in total. The van der Waals surface area contributed by atoms with E-state index in [-0.39, 0.29) is 5.69 Å². The Kier molecular flexibility index (Phi) is 2.49. The third kappa shape index (κ3) is 1.93. The molecule has 5 heteroatoms. The third-order valence-corrected chi connectivity index (χ3v) is 2.50. The monoisotopic (exact) mass is 239 g/mol. The lowest BCUT2D eigenvalue weighted by atomic mass is 10.2. The summed E-state index contributed by atoms with van der Waals surface area (Å²) in [5.74, 6) is -0.00185. The SMILES string of the molecule is O=C(Oc1ccc2[nH]ncc2c1)c1ccccn1. The summed E-state index contributed by atoms with van der Waals surface area (Å²) < 4.78 is 5.23. The maximum atomic E-state index is 11.8. The first kappa shape index (κ1) is 10.5. The van der Waals surface area contributed by atoms with Crippen LogP contribution in [0.1, 0.15) is 10.5 Å². The van der Waals surface area contributed by atoms with E-state index in [1.807, 2.05) is 6.07 Å². The van der Waals surface area contributed by atoms with Gasteiger partial charge in [0.1, 0.15) is 11.4 Å². The Balaban J connectivity index is 1.86. The lowest BCUT2D eigenvalue weighted by molar-refractivity contribution is 0.0729. The second kappa shape index (κ2) is 4.29. The van der Waals surface area contributed by atoms with E-state index in [0.29, 0.717) is 5.75 Å². The number of aromatic amines is 1. The normalized spacial score (nSPS) is 10.4. The Bertz CT molecular complexity index is 692. The van der Waals surface area contributed by atoms with Crippen LogP contribution in [0.4, 0.5) is 0 Å². The van der Waals surface area contributed by atoms with Crippen molar-refractivity contribution in [3.63, 3.8) is 0 Å². The molecule has 0 unspecified atom stereocenters. The van der Waals surface area contributed by atoms with E-state index < -0.39 is 5.97 Å². The summed E-state index contributed by atoms with van der Waals surface area (Å²) in [5, 5.41) is 7.62. The van der Waals surface area contributed by atoms with Crippen molar-refractivity contribution < 1.29 is 9.53 Å². The zero-order valence-electron chi connectivity index (χ0n) is 9.33. The summed E-state index contributed by atoms with van der Waals surface area (Å²) in [6.07, 6.45) is 3.23. The van der Waals surface area contributed by atoms with E-state index in [1.54, 1.807) is 42.7 Å². The van der Waals surface area contributed by atoms with Crippen LogP contribution in [-0.4, -0.2) is 21.2 Å². The molecule has 3 aromatic rings. The number of hydrogen-bond donors (Lipinski definition) is 1.